The summed E-state index contributed by atoms with van der Waals surface area (Å²) in [5.41, 5.74) is 0. The van der Waals surface area contributed by atoms with Crippen molar-refractivity contribution in [3.63, 3.8) is 0 Å². The molecular formula is C6H9Cl3O2. The van der Waals surface area contributed by atoms with Crippen molar-refractivity contribution in [3.8, 4) is 0 Å². The summed E-state index contributed by atoms with van der Waals surface area (Å²) in [5, 5.41) is 0. The van der Waals surface area contributed by atoms with Crippen molar-refractivity contribution in [1.29, 1.82) is 0 Å². The summed E-state index contributed by atoms with van der Waals surface area (Å²) < 4.78 is 3.01. The smallest absolute Gasteiger partial charge is 0.305 e. The Labute approximate surface area is 80.7 Å². The van der Waals surface area contributed by atoms with Crippen LogP contribution in [0.1, 0.15) is 13.3 Å². The van der Waals surface area contributed by atoms with Gasteiger partial charge in [0.1, 0.15) is 0 Å². The Morgan fingerprint density at radius 2 is 2.00 bits per heavy atom. The van der Waals surface area contributed by atoms with Crippen LogP contribution >= 0.6 is 34.8 Å². The van der Waals surface area contributed by atoms with Crippen LogP contribution in [0.4, 0.5) is 0 Å². The van der Waals surface area contributed by atoms with E-state index in [2.05, 4.69) is 4.74 Å². The molecule has 0 amide bonds. The standard InChI is InChI=1S/C6H9Cl3O2/c1-4(6(7,8)9)3-5(10)11-2/h4H,3H2,1-2H3. The van der Waals surface area contributed by atoms with Crippen LogP contribution < -0.4 is 0 Å². The maximum absolute atomic E-state index is 10.7. The molecule has 0 spiro atoms. The average molecular weight is 219 g/mol. The van der Waals surface area contributed by atoms with E-state index in [-0.39, 0.29) is 18.3 Å². The van der Waals surface area contributed by atoms with E-state index in [0.717, 1.165) is 0 Å². The van der Waals surface area contributed by atoms with Crippen LogP contribution in [-0.4, -0.2) is 16.9 Å². The zero-order chi connectivity index (χ0) is 9.07. The lowest BCUT2D eigenvalue weighted by molar-refractivity contribution is -0.141. The summed E-state index contributed by atoms with van der Waals surface area (Å²) in [6.45, 7) is 1.67. The molecule has 0 fully saturated rings. The number of carbonyl (C=O) groups is 1. The van der Waals surface area contributed by atoms with Gasteiger partial charge < -0.3 is 4.74 Å². The number of carbonyl (C=O) groups excluding carboxylic acids is 1. The van der Waals surface area contributed by atoms with Crippen molar-refractivity contribution < 1.29 is 9.53 Å². The topological polar surface area (TPSA) is 26.3 Å². The highest BCUT2D eigenvalue weighted by Crippen LogP contribution is 2.36. The van der Waals surface area contributed by atoms with Crippen LogP contribution in [-0.2, 0) is 9.53 Å². The van der Waals surface area contributed by atoms with Gasteiger partial charge in [-0.15, -0.1) is 0 Å². The second-order valence-corrected chi connectivity index (χ2v) is 4.59. The normalized spacial score (nSPS) is 14.3. The first-order valence-electron chi connectivity index (χ1n) is 3.01. The van der Waals surface area contributed by atoms with E-state index in [1.807, 2.05) is 0 Å². The van der Waals surface area contributed by atoms with Gasteiger partial charge in [-0.3, -0.25) is 4.79 Å². The molecule has 0 saturated carbocycles. The highest BCUT2D eigenvalue weighted by molar-refractivity contribution is 6.67. The van der Waals surface area contributed by atoms with E-state index >= 15 is 0 Å². The Kier molecular flexibility index (Phi) is 4.52. The Hall–Kier alpha value is 0.340. The number of methoxy groups -OCH3 is 1. The molecule has 0 aromatic heterocycles. The predicted octanol–water partition coefficient (Wildman–Crippen LogP) is 2.56. The van der Waals surface area contributed by atoms with Gasteiger partial charge in [0.15, 0.2) is 3.79 Å². The minimum absolute atomic E-state index is 0.118. The summed E-state index contributed by atoms with van der Waals surface area (Å²) in [7, 11) is 1.30. The first-order valence-corrected chi connectivity index (χ1v) is 4.15. The fourth-order valence-electron chi connectivity index (χ4n) is 0.449. The summed E-state index contributed by atoms with van der Waals surface area (Å²) in [5.74, 6) is -0.705. The maximum atomic E-state index is 10.7. The van der Waals surface area contributed by atoms with Gasteiger partial charge in [-0.1, -0.05) is 41.7 Å². The van der Waals surface area contributed by atoms with Crippen LogP contribution in [0.3, 0.4) is 0 Å². The zero-order valence-electron chi connectivity index (χ0n) is 6.23. The van der Waals surface area contributed by atoms with E-state index in [1.54, 1.807) is 6.92 Å². The highest BCUT2D eigenvalue weighted by atomic mass is 35.6. The number of esters is 1. The molecule has 2 nitrogen and oxygen atoms in total. The largest absolute Gasteiger partial charge is 0.469 e. The van der Waals surface area contributed by atoms with Crippen molar-refractivity contribution in [2.75, 3.05) is 7.11 Å². The van der Waals surface area contributed by atoms with Gasteiger partial charge in [-0.2, -0.15) is 0 Å². The van der Waals surface area contributed by atoms with Gasteiger partial charge in [-0.25, -0.2) is 0 Å². The first kappa shape index (κ1) is 11.3. The third kappa shape index (κ3) is 4.72. The lowest BCUT2D eigenvalue weighted by atomic mass is 10.1. The van der Waals surface area contributed by atoms with Crippen LogP contribution in [0.25, 0.3) is 0 Å². The third-order valence-electron chi connectivity index (χ3n) is 1.26. The minimum atomic E-state index is -1.39. The molecule has 0 heterocycles. The molecular weight excluding hydrogens is 210 g/mol. The average Bonchev–Trinajstić information content (AvgIpc) is 1.85. The van der Waals surface area contributed by atoms with E-state index in [4.69, 9.17) is 34.8 Å². The van der Waals surface area contributed by atoms with Crippen molar-refractivity contribution >= 4 is 40.8 Å². The molecule has 0 radical (unpaired) electrons. The van der Waals surface area contributed by atoms with Gasteiger partial charge in [0, 0.05) is 5.92 Å². The third-order valence-corrected chi connectivity index (χ3v) is 2.38. The first-order chi connectivity index (χ1) is 4.88. The summed E-state index contributed by atoms with van der Waals surface area (Å²) in [4.78, 5) is 10.7. The summed E-state index contributed by atoms with van der Waals surface area (Å²) >= 11 is 16.5. The van der Waals surface area contributed by atoms with Crippen molar-refractivity contribution in [3.05, 3.63) is 0 Å². The minimum Gasteiger partial charge on any atom is -0.469 e. The number of hydrogen-bond acceptors (Lipinski definition) is 2. The van der Waals surface area contributed by atoms with Gasteiger partial charge in [0.2, 0.25) is 0 Å². The van der Waals surface area contributed by atoms with Crippen LogP contribution in [0.2, 0.25) is 0 Å². The predicted molar refractivity (Wildman–Crippen MR) is 46.1 cm³/mol. The number of rotatable bonds is 2. The molecule has 0 saturated heterocycles. The van der Waals surface area contributed by atoms with E-state index < -0.39 is 3.79 Å². The molecule has 1 unspecified atom stereocenters. The second-order valence-electron chi connectivity index (χ2n) is 2.22. The van der Waals surface area contributed by atoms with Crippen LogP contribution in [0.15, 0.2) is 0 Å². The highest BCUT2D eigenvalue weighted by Gasteiger charge is 2.30. The SMILES string of the molecule is COC(=O)CC(C)C(Cl)(Cl)Cl. The molecule has 11 heavy (non-hydrogen) atoms. The lowest BCUT2D eigenvalue weighted by Gasteiger charge is -2.18. The number of ether oxygens (including phenoxy) is 1. The quantitative estimate of drug-likeness (QED) is 0.527. The Bertz CT molecular complexity index is 141. The fraction of sp³-hybridized carbons (Fsp3) is 0.833. The Morgan fingerprint density at radius 1 is 1.55 bits per heavy atom. The number of alkyl halides is 3. The molecule has 0 aromatic rings. The van der Waals surface area contributed by atoms with Crippen molar-refractivity contribution in [2.24, 2.45) is 5.92 Å². The molecule has 0 aliphatic carbocycles. The van der Waals surface area contributed by atoms with Gasteiger partial charge in [0.25, 0.3) is 0 Å². The van der Waals surface area contributed by atoms with Gasteiger partial charge in [-0.05, 0) is 0 Å². The molecule has 66 valence electrons. The molecule has 0 aliphatic rings. The summed E-state index contributed by atoms with van der Waals surface area (Å²) in [6, 6.07) is 0. The monoisotopic (exact) mass is 218 g/mol. The van der Waals surface area contributed by atoms with E-state index in [9.17, 15) is 4.79 Å². The molecule has 0 N–H and O–H groups in total. The van der Waals surface area contributed by atoms with E-state index in [0.29, 0.717) is 0 Å². The van der Waals surface area contributed by atoms with E-state index in [1.165, 1.54) is 7.11 Å². The number of hydrogen-bond donors (Lipinski definition) is 0. The Balaban J connectivity index is 3.87. The Morgan fingerprint density at radius 3 is 2.27 bits per heavy atom. The fourth-order valence-corrected chi connectivity index (χ4v) is 0.681. The van der Waals surface area contributed by atoms with Crippen LogP contribution in [0, 0.1) is 5.92 Å². The van der Waals surface area contributed by atoms with Crippen molar-refractivity contribution in [2.45, 2.75) is 17.1 Å². The van der Waals surface area contributed by atoms with Gasteiger partial charge in [0.05, 0.1) is 13.5 Å². The molecule has 0 rings (SSSR count). The van der Waals surface area contributed by atoms with Crippen molar-refractivity contribution in [1.82, 2.24) is 0 Å². The molecule has 5 heteroatoms. The molecule has 0 aromatic carbocycles. The maximum Gasteiger partial charge on any atom is 0.305 e. The summed E-state index contributed by atoms with van der Waals surface area (Å²) in [6.07, 6.45) is 0.118. The zero-order valence-corrected chi connectivity index (χ0v) is 8.50. The molecule has 1 atom stereocenters. The number of halogens is 3. The lowest BCUT2D eigenvalue weighted by Crippen LogP contribution is -2.19. The second kappa shape index (κ2) is 4.39. The van der Waals surface area contributed by atoms with Gasteiger partial charge >= 0.3 is 5.97 Å². The molecule has 0 bridgehead atoms. The molecule has 0 aliphatic heterocycles. The van der Waals surface area contributed by atoms with Crippen LogP contribution in [0.5, 0.6) is 0 Å².